The van der Waals surface area contributed by atoms with Gasteiger partial charge in [0.05, 0.1) is 10.4 Å². The first kappa shape index (κ1) is 24.1. The van der Waals surface area contributed by atoms with Crippen molar-refractivity contribution in [2.45, 2.75) is 26.4 Å². The van der Waals surface area contributed by atoms with E-state index in [1.54, 1.807) is 29.2 Å². The van der Waals surface area contributed by atoms with E-state index in [1.165, 1.54) is 18.6 Å². The molecule has 1 aliphatic heterocycles. The molecule has 7 nitrogen and oxygen atoms in total. The van der Waals surface area contributed by atoms with Crippen molar-refractivity contribution in [1.29, 1.82) is 0 Å². The lowest BCUT2D eigenvalue weighted by molar-refractivity contribution is 0.0240. The van der Waals surface area contributed by atoms with Gasteiger partial charge in [0.25, 0.3) is 0 Å². The second-order valence-electron chi connectivity index (χ2n) is 9.60. The Labute approximate surface area is 211 Å². The van der Waals surface area contributed by atoms with Crippen LogP contribution in [0.4, 0.5) is 19.4 Å². The third kappa shape index (κ3) is 4.39. The predicted octanol–water partition coefficient (Wildman–Crippen LogP) is 5.83. The molecular weight excluding hydrogens is 488 g/mol. The molecule has 2 aromatic carbocycles. The number of benzene rings is 2. The number of fused-ring (bicyclic) bond motifs is 2. The van der Waals surface area contributed by atoms with Crippen LogP contribution in [0.1, 0.15) is 20.8 Å². The number of nitrogens with zero attached hydrogens (tertiary/aromatic N) is 5. The summed E-state index contributed by atoms with van der Waals surface area (Å²) in [5.41, 5.74) is -0.0652. The van der Waals surface area contributed by atoms with Crippen LogP contribution in [0.3, 0.4) is 0 Å². The van der Waals surface area contributed by atoms with Crippen LogP contribution >= 0.6 is 11.6 Å². The Hall–Kier alpha value is -3.59. The fraction of sp³-hybridized carbons (Fsp3) is 0.308. The van der Waals surface area contributed by atoms with E-state index in [2.05, 4.69) is 15.0 Å². The fourth-order valence-corrected chi connectivity index (χ4v) is 4.63. The van der Waals surface area contributed by atoms with E-state index >= 15 is 4.39 Å². The van der Waals surface area contributed by atoms with Crippen LogP contribution in [0, 0.1) is 11.6 Å². The van der Waals surface area contributed by atoms with Crippen LogP contribution in [0.5, 0.6) is 0 Å². The number of pyridine rings is 1. The van der Waals surface area contributed by atoms with Gasteiger partial charge in [0.1, 0.15) is 34.8 Å². The van der Waals surface area contributed by atoms with Crippen molar-refractivity contribution < 1.29 is 18.3 Å². The van der Waals surface area contributed by atoms with E-state index in [9.17, 15) is 9.18 Å². The molecule has 1 amide bonds. The van der Waals surface area contributed by atoms with Crippen LogP contribution in [-0.4, -0.2) is 57.7 Å². The maximum atomic E-state index is 15.8. The van der Waals surface area contributed by atoms with E-state index in [4.69, 9.17) is 16.3 Å². The number of aromatic nitrogens is 3. The molecule has 4 aromatic rings. The Morgan fingerprint density at radius 2 is 1.78 bits per heavy atom. The zero-order valence-electron chi connectivity index (χ0n) is 20.1. The first-order chi connectivity index (χ1) is 17.1. The zero-order valence-corrected chi connectivity index (χ0v) is 20.8. The topological polar surface area (TPSA) is 71.5 Å². The van der Waals surface area contributed by atoms with Crippen molar-refractivity contribution in [3.05, 3.63) is 59.5 Å². The van der Waals surface area contributed by atoms with Crippen molar-refractivity contribution in [2.75, 3.05) is 31.1 Å². The van der Waals surface area contributed by atoms with Gasteiger partial charge in [0.2, 0.25) is 0 Å². The van der Waals surface area contributed by atoms with Crippen LogP contribution in [0.15, 0.2) is 42.9 Å². The van der Waals surface area contributed by atoms with E-state index in [1.807, 2.05) is 25.7 Å². The van der Waals surface area contributed by atoms with Gasteiger partial charge in [-0.3, -0.25) is 4.98 Å². The molecule has 0 unspecified atom stereocenters. The number of rotatable bonds is 2. The lowest BCUT2D eigenvalue weighted by Crippen LogP contribution is -2.50. The summed E-state index contributed by atoms with van der Waals surface area (Å²) in [5.74, 6) is -0.701. The largest absolute Gasteiger partial charge is 0.444 e. The molecule has 2 aromatic heterocycles. The highest BCUT2D eigenvalue weighted by Gasteiger charge is 2.28. The summed E-state index contributed by atoms with van der Waals surface area (Å²) in [6, 6.07) is 8.05. The first-order valence-electron chi connectivity index (χ1n) is 11.5. The molecule has 0 N–H and O–H groups in total. The van der Waals surface area contributed by atoms with E-state index in [-0.39, 0.29) is 22.3 Å². The summed E-state index contributed by atoms with van der Waals surface area (Å²) < 4.78 is 35.5. The summed E-state index contributed by atoms with van der Waals surface area (Å²) in [5, 5.41) is 1.42. The highest BCUT2D eigenvalue weighted by Crippen LogP contribution is 2.37. The fourth-order valence-electron chi connectivity index (χ4n) is 4.35. The number of anilines is 1. The van der Waals surface area contributed by atoms with Gasteiger partial charge in [-0.15, -0.1) is 0 Å². The molecule has 3 heterocycles. The minimum Gasteiger partial charge on any atom is -0.444 e. The first-order valence-corrected chi connectivity index (χ1v) is 11.9. The third-order valence-corrected chi connectivity index (χ3v) is 6.39. The second kappa shape index (κ2) is 9.13. The van der Waals surface area contributed by atoms with Crippen LogP contribution < -0.4 is 4.90 Å². The molecule has 5 rings (SSSR count). The van der Waals surface area contributed by atoms with Crippen LogP contribution in [0.25, 0.3) is 32.9 Å². The molecule has 0 saturated carbocycles. The molecule has 0 aliphatic carbocycles. The number of hydrogen-bond acceptors (Lipinski definition) is 6. The molecule has 0 spiro atoms. The molecule has 0 atom stereocenters. The van der Waals surface area contributed by atoms with Gasteiger partial charge in [-0.2, -0.15) is 0 Å². The molecule has 1 aliphatic rings. The van der Waals surface area contributed by atoms with Gasteiger partial charge in [0, 0.05) is 43.3 Å². The Balaban J connectivity index is 1.49. The Morgan fingerprint density at radius 1 is 1.03 bits per heavy atom. The summed E-state index contributed by atoms with van der Waals surface area (Å²) in [7, 11) is 0. The van der Waals surface area contributed by atoms with Gasteiger partial charge < -0.3 is 14.5 Å². The Morgan fingerprint density at radius 3 is 2.50 bits per heavy atom. The number of halogens is 3. The normalized spacial score (nSPS) is 14.5. The van der Waals surface area contributed by atoms with Crippen molar-refractivity contribution in [2.24, 2.45) is 0 Å². The standard InChI is InChI=1S/C26H24ClF2N5O2/c1-26(2,3)36-25(35)34-11-9-33(10-12-34)24-17-13-30-22(21(29)23(17)31-14-32-24)16-6-4-5-15-7-8-18(28)20(27)19(15)16/h4-8,13-14H,9-12H2,1-3H3. The molecule has 10 heteroatoms. The van der Waals surface area contributed by atoms with E-state index < -0.39 is 17.2 Å². The highest BCUT2D eigenvalue weighted by atomic mass is 35.5. The smallest absolute Gasteiger partial charge is 0.410 e. The van der Waals surface area contributed by atoms with Crippen molar-refractivity contribution in [3.63, 3.8) is 0 Å². The van der Waals surface area contributed by atoms with Crippen LogP contribution in [-0.2, 0) is 4.74 Å². The average Bonchev–Trinajstić information content (AvgIpc) is 2.85. The lowest BCUT2D eigenvalue weighted by atomic mass is 10.0. The van der Waals surface area contributed by atoms with E-state index in [0.29, 0.717) is 53.7 Å². The quantitative estimate of drug-likeness (QED) is 0.337. The van der Waals surface area contributed by atoms with Gasteiger partial charge in [0.15, 0.2) is 5.82 Å². The minimum absolute atomic E-state index is 0.0278. The summed E-state index contributed by atoms with van der Waals surface area (Å²) in [6.45, 7) is 7.34. The van der Waals surface area contributed by atoms with Crippen molar-refractivity contribution in [1.82, 2.24) is 19.9 Å². The molecule has 0 radical (unpaired) electrons. The number of amides is 1. The molecule has 1 fully saturated rings. The summed E-state index contributed by atoms with van der Waals surface area (Å²) in [6.07, 6.45) is 2.47. The van der Waals surface area contributed by atoms with Crippen LogP contribution in [0.2, 0.25) is 5.02 Å². The number of carbonyl (C=O) groups excluding carboxylic acids is 1. The highest BCUT2D eigenvalue weighted by molar-refractivity contribution is 6.36. The van der Waals surface area contributed by atoms with Crippen molar-refractivity contribution in [3.8, 4) is 11.3 Å². The number of hydrogen-bond donors (Lipinski definition) is 0. The van der Waals surface area contributed by atoms with E-state index in [0.717, 1.165) is 0 Å². The Bertz CT molecular complexity index is 1480. The number of piperazine rings is 1. The van der Waals surface area contributed by atoms with Gasteiger partial charge in [-0.1, -0.05) is 35.9 Å². The van der Waals surface area contributed by atoms with Crippen molar-refractivity contribution >= 4 is 45.2 Å². The molecule has 0 bridgehead atoms. The minimum atomic E-state index is -0.642. The van der Waals surface area contributed by atoms with Gasteiger partial charge in [-0.05, 0) is 32.2 Å². The van der Waals surface area contributed by atoms with Gasteiger partial charge in [-0.25, -0.2) is 23.5 Å². The molecule has 186 valence electrons. The number of ether oxygens (including phenoxy) is 1. The summed E-state index contributed by atoms with van der Waals surface area (Å²) >= 11 is 6.25. The summed E-state index contributed by atoms with van der Waals surface area (Å²) in [4.78, 5) is 29.0. The molecule has 36 heavy (non-hydrogen) atoms. The Kier molecular flexibility index (Phi) is 6.12. The zero-order chi connectivity index (χ0) is 25.6. The predicted molar refractivity (Wildman–Crippen MR) is 135 cm³/mol. The average molecular weight is 512 g/mol. The third-order valence-electron chi connectivity index (χ3n) is 6.02. The maximum absolute atomic E-state index is 15.8. The number of carbonyl (C=O) groups is 1. The second-order valence-corrected chi connectivity index (χ2v) is 9.98. The SMILES string of the molecule is CC(C)(C)OC(=O)N1CCN(c2ncnc3c(F)c(-c4cccc5ccc(F)c(Cl)c45)ncc23)CC1. The lowest BCUT2D eigenvalue weighted by Gasteiger charge is -2.36. The monoisotopic (exact) mass is 511 g/mol. The molecular formula is C26H24ClF2N5O2. The maximum Gasteiger partial charge on any atom is 0.410 e. The van der Waals surface area contributed by atoms with Gasteiger partial charge >= 0.3 is 6.09 Å². The molecule has 1 saturated heterocycles.